The SMILES string of the molecule is CC(NCC1CCCC(O)C1)c1ccc(Cl)cc1. The molecule has 0 heterocycles. The number of halogens is 1. The summed E-state index contributed by atoms with van der Waals surface area (Å²) in [5.41, 5.74) is 1.26. The van der Waals surface area contributed by atoms with Crippen LogP contribution in [0.3, 0.4) is 0 Å². The maximum Gasteiger partial charge on any atom is 0.0543 e. The van der Waals surface area contributed by atoms with Crippen molar-refractivity contribution in [1.82, 2.24) is 5.32 Å². The molecular weight excluding hydrogens is 246 g/mol. The van der Waals surface area contributed by atoms with Crippen molar-refractivity contribution in [2.24, 2.45) is 5.92 Å². The smallest absolute Gasteiger partial charge is 0.0543 e. The van der Waals surface area contributed by atoms with Gasteiger partial charge in [0.15, 0.2) is 0 Å². The molecule has 0 spiro atoms. The van der Waals surface area contributed by atoms with Crippen LogP contribution in [-0.2, 0) is 0 Å². The highest BCUT2D eigenvalue weighted by molar-refractivity contribution is 6.30. The van der Waals surface area contributed by atoms with Crippen molar-refractivity contribution in [2.45, 2.75) is 44.8 Å². The summed E-state index contributed by atoms with van der Waals surface area (Å²) in [6.45, 7) is 3.16. The van der Waals surface area contributed by atoms with Crippen molar-refractivity contribution < 1.29 is 5.11 Å². The van der Waals surface area contributed by atoms with Gasteiger partial charge in [-0.3, -0.25) is 0 Å². The molecule has 1 aromatic rings. The number of hydrogen-bond acceptors (Lipinski definition) is 2. The minimum Gasteiger partial charge on any atom is -0.393 e. The lowest BCUT2D eigenvalue weighted by Crippen LogP contribution is -2.30. The molecule has 1 fully saturated rings. The largest absolute Gasteiger partial charge is 0.393 e. The lowest BCUT2D eigenvalue weighted by molar-refractivity contribution is 0.0998. The van der Waals surface area contributed by atoms with Crippen molar-refractivity contribution in [3.05, 3.63) is 34.9 Å². The van der Waals surface area contributed by atoms with Gasteiger partial charge in [0.2, 0.25) is 0 Å². The highest BCUT2D eigenvalue weighted by Crippen LogP contribution is 2.24. The highest BCUT2D eigenvalue weighted by atomic mass is 35.5. The second kappa shape index (κ2) is 6.55. The van der Waals surface area contributed by atoms with Gasteiger partial charge in [-0.2, -0.15) is 0 Å². The minimum absolute atomic E-state index is 0.0867. The Balaban J connectivity index is 1.80. The Morgan fingerprint density at radius 2 is 2.06 bits per heavy atom. The van der Waals surface area contributed by atoms with E-state index in [1.165, 1.54) is 12.0 Å². The molecule has 0 aromatic heterocycles. The summed E-state index contributed by atoms with van der Waals surface area (Å²) in [5.74, 6) is 0.614. The standard InChI is InChI=1S/C15H22ClNO/c1-11(13-5-7-14(16)8-6-13)17-10-12-3-2-4-15(18)9-12/h5-8,11-12,15,17-18H,2-4,9-10H2,1H3. The Labute approximate surface area is 114 Å². The molecule has 1 aliphatic rings. The molecule has 1 saturated carbocycles. The van der Waals surface area contributed by atoms with Gasteiger partial charge in [0, 0.05) is 11.1 Å². The molecular formula is C15H22ClNO. The van der Waals surface area contributed by atoms with Crippen LogP contribution in [0.25, 0.3) is 0 Å². The molecule has 2 N–H and O–H groups in total. The Bertz CT molecular complexity index is 365. The minimum atomic E-state index is -0.0867. The molecule has 3 atom stereocenters. The average Bonchev–Trinajstić information content (AvgIpc) is 2.37. The molecule has 0 aliphatic heterocycles. The van der Waals surface area contributed by atoms with Gasteiger partial charge in [-0.05, 0) is 56.3 Å². The van der Waals surface area contributed by atoms with Crippen LogP contribution in [0, 0.1) is 5.92 Å². The first-order valence-corrected chi connectivity index (χ1v) is 7.20. The summed E-state index contributed by atoms with van der Waals surface area (Å²) >= 11 is 5.88. The third-order valence-corrected chi connectivity index (χ3v) is 4.09. The Morgan fingerprint density at radius 3 is 2.72 bits per heavy atom. The molecule has 2 rings (SSSR count). The first kappa shape index (κ1) is 13.9. The highest BCUT2D eigenvalue weighted by Gasteiger charge is 2.20. The monoisotopic (exact) mass is 267 g/mol. The van der Waals surface area contributed by atoms with E-state index < -0.39 is 0 Å². The van der Waals surface area contributed by atoms with Crippen LogP contribution in [0.2, 0.25) is 5.02 Å². The molecule has 3 unspecified atom stereocenters. The van der Waals surface area contributed by atoms with E-state index in [0.717, 1.165) is 30.8 Å². The summed E-state index contributed by atoms with van der Waals surface area (Å²) in [4.78, 5) is 0. The first-order valence-electron chi connectivity index (χ1n) is 6.82. The summed E-state index contributed by atoms with van der Waals surface area (Å²) in [7, 11) is 0. The van der Waals surface area contributed by atoms with Crippen LogP contribution in [0.15, 0.2) is 24.3 Å². The molecule has 0 saturated heterocycles. The van der Waals surface area contributed by atoms with Crippen LogP contribution >= 0.6 is 11.6 Å². The van der Waals surface area contributed by atoms with E-state index in [1.54, 1.807) is 0 Å². The molecule has 18 heavy (non-hydrogen) atoms. The maximum absolute atomic E-state index is 9.65. The van der Waals surface area contributed by atoms with Gasteiger partial charge < -0.3 is 10.4 Å². The van der Waals surface area contributed by atoms with E-state index in [1.807, 2.05) is 12.1 Å². The lowest BCUT2D eigenvalue weighted by atomic mass is 9.87. The van der Waals surface area contributed by atoms with Crippen molar-refractivity contribution in [3.8, 4) is 0 Å². The Kier molecular flexibility index (Phi) is 5.04. The number of nitrogens with one attached hydrogen (secondary N) is 1. The van der Waals surface area contributed by atoms with E-state index in [-0.39, 0.29) is 6.10 Å². The Hall–Kier alpha value is -0.570. The molecule has 0 amide bonds. The van der Waals surface area contributed by atoms with Gasteiger partial charge in [-0.15, -0.1) is 0 Å². The summed E-state index contributed by atoms with van der Waals surface area (Å²) in [5, 5.41) is 14.0. The van der Waals surface area contributed by atoms with Gasteiger partial charge in [-0.1, -0.05) is 30.2 Å². The second-order valence-corrected chi connectivity index (χ2v) is 5.80. The summed E-state index contributed by atoms with van der Waals surface area (Å²) in [6, 6.07) is 8.32. The van der Waals surface area contributed by atoms with Gasteiger partial charge >= 0.3 is 0 Å². The van der Waals surface area contributed by atoms with Crippen LogP contribution in [0.1, 0.15) is 44.2 Å². The van der Waals surface area contributed by atoms with Crippen molar-refractivity contribution in [3.63, 3.8) is 0 Å². The first-order chi connectivity index (χ1) is 8.65. The topological polar surface area (TPSA) is 32.3 Å². The van der Waals surface area contributed by atoms with Gasteiger partial charge in [0.25, 0.3) is 0 Å². The molecule has 3 heteroatoms. The Morgan fingerprint density at radius 1 is 1.33 bits per heavy atom. The van der Waals surface area contributed by atoms with Gasteiger partial charge in [-0.25, -0.2) is 0 Å². The molecule has 1 aliphatic carbocycles. The summed E-state index contributed by atoms with van der Waals surface area (Å²) in [6.07, 6.45) is 4.22. The third-order valence-electron chi connectivity index (χ3n) is 3.84. The van der Waals surface area contributed by atoms with E-state index >= 15 is 0 Å². The fourth-order valence-corrected chi connectivity index (χ4v) is 2.79. The van der Waals surface area contributed by atoms with E-state index in [9.17, 15) is 5.11 Å². The normalized spacial score (nSPS) is 25.9. The average molecular weight is 268 g/mol. The fraction of sp³-hybridized carbons (Fsp3) is 0.600. The predicted octanol–water partition coefficient (Wildman–Crippen LogP) is 3.54. The zero-order chi connectivity index (χ0) is 13.0. The van der Waals surface area contributed by atoms with E-state index in [4.69, 9.17) is 11.6 Å². The van der Waals surface area contributed by atoms with Crippen molar-refractivity contribution in [1.29, 1.82) is 0 Å². The van der Waals surface area contributed by atoms with Crippen LogP contribution < -0.4 is 5.32 Å². The lowest BCUT2D eigenvalue weighted by Gasteiger charge is -2.27. The number of benzene rings is 1. The molecule has 0 bridgehead atoms. The third kappa shape index (κ3) is 3.98. The van der Waals surface area contributed by atoms with Gasteiger partial charge in [0.1, 0.15) is 0 Å². The second-order valence-electron chi connectivity index (χ2n) is 5.37. The molecule has 2 nitrogen and oxygen atoms in total. The van der Waals surface area contributed by atoms with E-state index in [2.05, 4.69) is 24.4 Å². The van der Waals surface area contributed by atoms with Gasteiger partial charge in [0.05, 0.1) is 6.10 Å². The summed E-state index contributed by atoms with van der Waals surface area (Å²) < 4.78 is 0. The van der Waals surface area contributed by atoms with E-state index in [0.29, 0.717) is 12.0 Å². The maximum atomic E-state index is 9.65. The number of rotatable bonds is 4. The molecule has 0 radical (unpaired) electrons. The number of aliphatic hydroxyl groups excluding tert-OH is 1. The van der Waals surface area contributed by atoms with Crippen molar-refractivity contribution >= 4 is 11.6 Å². The number of aliphatic hydroxyl groups is 1. The molecule has 100 valence electrons. The zero-order valence-electron chi connectivity index (χ0n) is 10.9. The van der Waals surface area contributed by atoms with Crippen LogP contribution in [0.5, 0.6) is 0 Å². The van der Waals surface area contributed by atoms with Crippen LogP contribution in [0.4, 0.5) is 0 Å². The molecule has 1 aromatic carbocycles. The van der Waals surface area contributed by atoms with Crippen molar-refractivity contribution in [2.75, 3.05) is 6.54 Å². The fourth-order valence-electron chi connectivity index (χ4n) is 2.66. The zero-order valence-corrected chi connectivity index (χ0v) is 11.7. The predicted molar refractivity (Wildman–Crippen MR) is 75.8 cm³/mol. The number of hydrogen-bond donors (Lipinski definition) is 2. The quantitative estimate of drug-likeness (QED) is 0.875. The van der Waals surface area contributed by atoms with Crippen LogP contribution in [-0.4, -0.2) is 17.8 Å².